The van der Waals surface area contributed by atoms with Crippen LogP contribution < -0.4 is 5.32 Å². The van der Waals surface area contributed by atoms with Crippen molar-refractivity contribution in [1.82, 2.24) is 15.2 Å². The van der Waals surface area contributed by atoms with Gasteiger partial charge < -0.3 is 14.6 Å². The minimum absolute atomic E-state index is 0.0676. The summed E-state index contributed by atoms with van der Waals surface area (Å²) in [5, 5.41) is 3.02. The first kappa shape index (κ1) is 11.9. The van der Waals surface area contributed by atoms with Crippen molar-refractivity contribution in [3.8, 4) is 0 Å². The molecule has 0 radical (unpaired) electrons. The van der Waals surface area contributed by atoms with Crippen LogP contribution in [0, 0.1) is 0 Å². The Morgan fingerprint density at radius 1 is 1.71 bits per heavy atom. The van der Waals surface area contributed by atoms with E-state index in [-0.39, 0.29) is 11.9 Å². The van der Waals surface area contributed by atoms with Crippen LogP contribution in [-0.4, -0.2) is 35.4 Å². The molecule has 1 amide bonds. The summed E-state index contributed by atoms with van der Waals surface area (Å²) in [5.41, 5.74) is 1.74. The van der Waals surface area contributed by atoms with Crippen molar-refractivity contribution in [1.29, 1.82) is 0 Å². The summed E-state index contributed by atoms with van der Waals surface area (Å²) in [6.45, 7) is 5.20. The molecule has 2 heterocycles. The van der Waals surface area contributed by atoms with E-state index in [1.165, 1.54) is 6.39 Å². The fourth-order valence-electron chi connectivity index (χ4n) is 2.10. The van der Waals surface area contributed by atoms with Gasteiger partial charge in [-0.3, -0.25) is 4.79 Å². The predicted octanol–water partition coefficient (Wildman–Crippen LogP) is 0.941. The number of oxazole rings is 1. The molecule has 1 saturated heterocycles. The summed E-state index contributed by atoms with van der Waals surface area (Å²) in [6.07, 6.45) is 4.78. The number of aromatic nitrogens is 1. The van der Waals surface area contributed by atoms with E-state index < -0.39 is 0 Å². The molecule has 1 aliphatic rings. The van der Waals surface area contributed by atoms with Crippen LogP contribution in [0.5, 0.6) is 0 Å². The lowest BCUT2D eigenvalue weighted by Crippen LogP contribution is -2.44. The minimum atomic E-state index is -0.274. The SMILES string of the molecule is C=C1CCCN(Cc2cocn2)C(=O)C1NC. The molecule has 1 aromatic rings. The van der Waals surface area contributed by atoms with E-state index in [2.05, 4.69) is 16.9 Å². The van der Waals surface area contributed by atoms with E-state index in [0.717, 1.165) is 30.7 Å². The molecule has 1 atom stereocenters. The maximum absolute atomic E-state index is 12.3. The third kappa shape index (κ3) is 2.55. The second-order valence-electron chi connectivity index (χ2n) is 4.22. The van der Waals surface area contributed by atoms with Gasteiger partial charge in [0, 0.05) is 6.54 Å². The Morgan fingerprint density at radius 2 is 2.53 bits per heavy atom. The second kappa shape index (κ2) is 5.14. The Kier molecular flexibility index (Phi) is 3.58. The highest BCUT2D eigenvalue weighted by Gasteiger charge is 2.28. The van der Waals surface area contributed by atoms with Gasteiger partial charge in [-0.05, 0) is 19.9 Å². The number of likely N-dealkylation sites (tertiary alicyclic amines) is 1. The Morgan fingerprint density at radius 3 is 3.18 bits per heavy atom. The first-order valence-corrected chi connectivity index (χ1v) is 5.73. The molecule has 2 rings (SSSR count). The van der Waals surface area contributed by atoms with E-state index in [9.17, 15) is 4.79 Å². The average molecular weight is 235 g/mol. The fourth-order valence-corrected chi connectivity index (χ4v) is 2.10. The zero-order valence-corrected chi connectivity index (χ0v) is 9.98. The van der Waals surface area contributed by atoms with Gasteiger partial charge in [-0.15, -0.1) is 0 Å². The third-order valence-electron chi connectivity index (χ3n) is 3.02. The molecule has 0 spiro atoms. The number of nitrogens with zero attached hydrogens (tertiary/aromatic N) is 2. The van der Waals surface area contributed by atoms with Crippen LogP contribution in [0.3, 0.4) is 0 Å². The lowest BCUT2D eigenvalue weighted by molar-refractivity contribution is -0.132. The molecule has 0 aliphatic carbocycles. The monoisotopic (exact) mass is 235 g/mol. The van der Waals surface area contributed by atoms with Crippen molar-refractivity contribution in [2.24, 2.45) is 0 Å². The second-order valence-corrected chi connectivity index (χ2v) is 4.22. The maximum Gasteiger partial charge on any atom is 0.244 e. The number of hydrogen-bond acceptors (Lipinski definition) is 4. The van der Waals surface area contributed by atoms with Crippen LogP contribution in [0.1, 0.15) is 18.5 Å². The van der Waals surface area contributed by atoms with Crippen LogP contribution in [0.25, 0.3) is 0 Å². The topological polar surface area (TPSA) is 58.4 Å². The van der Waals surface area contributed by atoms with Crippen molar-refractivity contribution in [3.63, 3.8) is 0 Å². The van der Waals surface area contributed by atoms with E-state index in [1.54, 1.807) is 18.2 Å². The quantitative estimate of drug-likeness (QED) is 0.792. The largest absolute Gasteiger partial charge is 0.451 e. The molecule has 1 N–H and O–H groups in total. The van der Waals surface area contributed by atoms with Gasteiger partial charge in [0.15, 0.2) is 6.39 Å². The molecule has 0 aromatic carbocycles. The normalized spacial score (nSPS) is 21.7. The van der Waals surface area contributed by atoms with Crippen molar-refractivity contribution in [2.75, 3.05) is 13.6 Å². The molecule has 5 nitrogen and oxygen atoms in total. The van der Waals surface area contributed by atoms with Gasteiger partial charge in [-0.25, -0.2) is 4.98 Å². The van der Waals surface area contributed by atoms with Crippen LogP contribution in [0.2, 0.25) is 0 Å². The van der Waals surface area contributed by atoms with E-state index in [1.807, 2.05) is 0 Å². The molecule has 1 aliphatic heterocycles. The molecular weight excluding hydrogens is 218 g/mol. The van der Waals surface area contributed by atoms with Crippen molar-refractivity contribution in [3.05, 3.63) is 30.5 Å². The number of nitrogens with one attached hydrogen (secondary N) is 1. The summed E-state index contributed by atoms with van der Waals surface area (Å²) in [4.78, 5) is 18.1. The van der Waals surface area contributed by atoms with Crippen molar-refractivity contribution >= 4 is 5.91 Å². The van der Waals surface area contributed by atoms with E-state index in [4.69, 9.17) is 4.42 Å². The molecule has 1 unspecified atom stereocenters. The van der Waals surface area contributed by atoms with Crippen molar-refractivity contribution < 1.29 is 9.21 Å². The lowest BCUT2D eigenvalue weighted by atomic mass is 10.1. The molecule has 0 saturated carbocycles. The highest BCUT2D eigenvalue weighted by molar-refractivity contribution is 5.85. The highest BCUT2D eigenvalue weighted by Crippen LogP contribution is 2.18. The first-order chi connectivity index (χ1) is 8.22. The first-order valence-electron chi connectivity index (χ1n) is 5.73. The van der Waals surface area contributed by atoms with E-state index in [0.29, 0.717) is 6.54 Å². The zero-order chi connectivity index (χ0) is 12.3. The zero-order valence-electron chi connectivity index (χ0n) is 9.98. The van der Waals surface area contributed by atoms with E-state index >= 15 is 0 Å². The van der Waals surface area contributed by atoms with Gasteiger partial charge in [0.2, 0.25) is 5.91 Å². The molecule has 1 aromatic heterocycles. The summed E-state index contributed by atoms with van der Waals surface area (Å²) < 4.78 is 4.91. The number of hydrogen-bond donors (Lipinski definition) is 1. The summed E-state index contributed by atoms with van der Waals surface area (Å²) in [5.74, 6) is 0.0676. The maximum atomic E-state index is 12.3. The van der Waals surface area contributed by atoms with Gasteiger partial charge in [-0.1, -0.05) is 12.2 Å². The Bertz CT molecular complexity index is 400. The molecule has 0 bridgehead atoms. The van der Waals surface area contributed by atoms with Gasteiger partial charge >= 0.3 is 0 Å². The smallest absolute Gasteiger partial charge is 0.244 e. The van der Waals surface area contributed by atoms with Crippen LogP contribution in [-0.2, 0) is 11.3 Å². The minimum Gasteiger partial charge on any atom is -0.451 e. The number of carbonyl (C=O) groups excluding carboxylic acids is 1. The van der Waals surface area contributed by atoms with Crippen molar-refractivity contribution in [2.45, 2.75) is 25.4 Å². The Hall–Kier alpha value is -1.62. The van der Waals surface area contributed by atoms with Crippen LogP contribution >= 0.6 is 0 Å². The van der Waals surface area contributed by atoms with Gasteiger partial charge in [0.25, 0.3) is 0 Å². The summed E-state index contributed by atoms with van der Waals surface area (Å²) in [7, 11) is 1.79. The molecule has 1 fully saturated rings. The van der Waals surface area contributed by atoms with Gasteiger partial charge in [-0.2, -0.15) is 0 Å². The highest BCUT2D eigenvalue weighted by atomic mass is 16.3. The average Bonchev–Trinajstić information content (AvgIpc) is 2.76. The lowest BCUT2D eigenvalue weighted by Gasteiger charge is -2.23. The Labute approximate surface area is 101 Å². The molecular formula is C12H17N3O2. The Balaban J connectivity index is 2.11. The predicted molar refractivity (Wildman–Crippen MR) is 63.1 cm³/mol. The summed E-state index contributed by atoms with van der Waals surface area (Å²) in [6, 6.07) is -0.274. The molecule has 5 heteroatoms. The molecule has 92 valence electrons. The van der Waals surface area contributed by atoms with Crippen LogP contribution in [0.4, 0.5) is 0 Å². The summed E-state index contributed by atoms with van der Waals surface area (Å²) >= 11 is 0. The van der Waals surface area contributed by atoms with Crippen LogP contribution in [0.15, 0.2) is 29.2 Å². The standard InChI is InChI=1S/C12H17N3O2/c1-9-4-3-5-15(12(16)11(9)13-2)6-10-7-17-8-14-10/h7-8,11,13H,1,3-6H2,2H3. The number of likely N-dealkylation sites (N-methyl/N-ethyl adjacent to an activating group) is 1. The number of amides is 1. The third-order valence-corrected chi connectivity index (χ3v) is 3.02. The van der Waals surface area contributed by atoms with Gasteiger partial charge in [0.05, 0.1) is 12.2 Å². The number of rotatable bonds is 3. The number of carbonyl (C=O) groups is 1. The molecule has 17 heavy (non-hydrogen) atoms. The fraction of sp³-hybridized carbons (Fsp3) is 0.500. The van der Waals surface area contributed by atoms with Gasteiger partial charge in [0.1, 0.15) is 12.3 Å².